The van der Waals surface area contributed by atoms with E-state index in [-0.39, 0.29) is 0 Å². The molecule has 1 aliphatic carbocycles. The van der Waals surface area contributed by atoms with E-state index in [0.29, 0.717) is 0 Å². The van der Waals surface area contributed by atoms with Crippen LogP contribution in [-0.2, 0) is 0 Å². The van der Waals surface area contributed by atoms with Crippen molar-refractivity contribution in [1.29, 1.82) is 0 Å². The summed E-state index contributed by atoms with van der Waals surface area (Å²) in [5.41, 5.74) is 0. The Morgan fingerprint density at radius 2 is 2.12 bits per heavy atom. The van der Waals surface area contributed by atoms with Gasteiger partial charge in [-0.1, -0.05) is 26.7 Å². The van der Waals surface area contributed by atoms with Crippen molar-refractivity contribution >= 4 is 0 Å². The summed E-state index contributed by atoms with van der Waals surface area (Å²) in [6.07, 6.45) is 15.6. The second-order valence-corrected chi connectivity index (χ2v) is 5.97. The normalized spacial score (nSPS) is 24.8. The summed E-state index contributed by atoms with van der Waals surface area (Å²) in [5.74, 6) is 4.53. The molecule has 0 radical (unpaired) electrons. The lowest BCUT2D eigenvalue weighted by Gasteiger charge is -2.31. The highest BCUT2D eigenvalue weighted by molar-refractivity contribution is 4.83. The molecule has 1 saturated carbocycles. The molecular weight excluding hydrogens is 206 g/mol. The molecule has 0 aromatic rings. The van der Waals surface area contributed by atoms with Crippen LogP contribution in [0.15, 0.2) is 0 Å². The van der Waals surface area contributed by atoms with Gasteiger partial charge in [-0.2, -0.15) is 0 Å². The summed E-state index contributed by atoms with van der Waals surface area (Å²) in [6.45, 7) is 5.84. The highest BCUT2D eigenvalue weighted by Crippen LogP contribution is 2.29. The molecule has 1 heteroatoms. The minimum absolute atomic E-state index is 0.776. The molecule has 1 N–H and O–H groups in total. The smallest absolute Gasteiger partial charge is 0.00865 e. The zero-order valence-corrected chi connectivity index (χ0v) is 11.7. The van der Waals surface area contributed by atoms with Crippen LogP contribution in [0, 0.1) is 24.2 Å². The molecule has 1 rings (SSSR count). The molecule has 0 aromatic carbocycles. The van der Waals surface area contributed by atoms with E-state index in [9.17, 15) is 0 Å². The Hall–Kier alpha value is -0.480. The van der Waals surface area contributed by atoms with Crippen LogP contribution in [0.1, 0.15) is 65.2 Å². The zero-order valence-electron chi connectivity index (χ0n) is 11.7. The van der Waals surface area contributed by atoms with Crippen LogP contribution in [-0.4, -0.2) is 12.6 Å². The fourth-order valence-electron chi connectivity index (χ4n) is 3.02. The zero-order chi connectivity index (χ0) is 12.5. The van der Waals surface area contributed by atoms with E-state index in [4.69, 9.17) is 6.42 Å². The van der Waals surface area contributed by atoms with Gasteiger partial charge in [0.15, 0.2) is 0 Å². The predicted octanol–water partition coefficient (Wildman–Crippen LogP) is 3.98. The number of nitrogens with one attached hydrogen (secondary N) is 1. The van der Waals surface area contributed by atoms with Crippen molar-refractivity contribution in [2.24, 2.45) is 11.8 Å². The largest absolute Gasteiger partial charge is 0.314 e. The quantitative estimate of drug-likeness (QED) is 0.520. The molecule has 1 aliphatic rings. The van der Waals surface area contributed by atoms with E-state index < -0.39 is 0 Å². The van der Waals surface area contributed by atoms with Gasteiger partial charge in [-0.25, -0.2) is 0 Å². The molecule has 1 nitrogen and oxygen atoms in total. The Bertz CT molecular complexity index is 226. The maximum absolute atomic E-state index is 5.25. The summed E-state index contributed by atoms with van der Waals surface area (Å²) in [6, 6.07) is 0.776. The SMILES string of the molecule is C#CCCCCNC1CCCC(CC(C)C)C1. The van der Waals surface area contributed by atoms with E-state index in [1.807, 2.05) is 0 Å². The van der Waals surface area contributed by atoms with Gasteiger partial charge < -0.3 is 5.32 Å². The molecule has 0 aromatic heterocycles. The molecule has 17 heavy (non-hydrogen) atoms. The average Bonchev–Trinajstić information content (AvgIpc) is 2.28. The maximum atomic E-state index is 5.25. The van der Waals surface area contributed by atoms with Gasteiger partial charge in [0.25, 0.3) is 0 Å². The van der Waals surface area contributed by atoms with E-state index in [0.717, 1.165) is 30.8 Å². The maximum Gasteiger partial charge on any atom is 0.00865 e. The molecule has 0 bridgehead atoms. The lowest BCUT2D eigenvalue weighted by atomic mass is 9.81. The fraction of sp³-hybridized carbons (Fsp3) is 0.875. The number of rotatable bonds is 7. The minimum atomic E-state index is 0.776. The average molecular weight is 235 g/mol. The van der Waals surface area contributed by atoms with Crippen molar-refractivity contribution in [2.45, 2.75) is 71.3 Å². The number of unbranched alkanes of at least 4 members (excludes halogenated alkanes) is 2. The van der Waals surface area contributed by atoms with Gasteiger partial charge in [0.1, 0.15) is 0 Å². The van der Waals surface area contributed by atoms with Crippen LogP contribution in [0.3, 0.4) is 0 Å². The van der Waals surface area contributed by atoms with Gasteiger partial charge in [-0.05, 0) is 50.5 Å². The van der Waals surface area contributed by atoms with Crippen molar-refractivity contribution in [2.75, 3.05) is 6.54 Å². The first-order chi connectivity index (χ1) is 8.22. The third-order valence-electron chi connectivity index (χ3n) is 3.77. The molecule has 2 unspecified atom stereocenters. The number of terminal acetylenes is 1. The van der Waals surface area contributed by atoms with E-state index in [1.165, 1.54) is 44.9 Å². The van der Waals surface area contributed by atoms with Gasteiger partial charge >= 0.3 is 0 Å². The van der Waals surface area contributed by atoms with Crippen LogP contribution in [0.5, 0.6) is 0 Å². The highest BCUT2D eigenvalue weighted by Gasteiger charge is 2.21. The van der Waals surface area contributed by atoms with Gasteiger partial charge in [0, 0.05) is 12.5 Å². The summed E-state index contributed by atoms with van der Waals surface area (Å²) < 4.78 is 0. The number of hydrogen-bond acceptors (Lipinski definition) is 1. The third-order valence-corrected chi connectivity index (χ3v) is 3.77. The third kappa shape index (κ3) is 6.74. The Morgan fingerprint density at radius 1 is 1.29 bits per heavy atom. The molecule has 1 fully saturated rings. The first-order valence-electron chi connectivity index (χ1n) is 7.39. The summed E-state index contributed by atoms with van der Waals surface area (Å²) in [7, 11) is 0. The Morgan fingerprint density at radius 3 is 2.82 bits per heavy atom. The second kappa shape index (κ2) is 8.59. The Balaban J connectivity index is 2.10. The molecule has 0 aliphatic heterocycles. The Labute approximate surface area is 108 Å². The highest BCUT2D eigenvalue weighted by atomic mass is 14.9. The second-order valence-electron chi connectivity index (χ2n) is 5.97. The van der Waals surface area contributed by atoms with Gasteiger partial charge in [-0.3, -0.25) is 0 Å². The summed E-state index contributed by atoms with van der Waals surface area (Å²) in [4.78, 5) is 0. The van der Waals surface area contributed by atoms with Crippen molar-refractivity contribution in [3.63, 3.8) is 0 Å². The monoisotopic (exact) mass is 235 g/mol. The van der Waals surface area contributed by atoms with Crippen LogP contribution >= 0.6 is 0 Å². The summed E-state index contributed by atoms with van der Waals surface area (Å²) >= 11 is 0. The topological polar surface area (TPSA) is 12.0 Å². The lowest BCUT2D eigenvalue weighted by molar-refractivity contribution is 0.252. The van der Waals surface area contributed by atoms with Crippen LogP contribution in [0.4, 0.5) is 0 Å². The predicted molar refractivity (Wildman–Crippen MR) is 75.9 cm³/mol. The molecule has 0 saturated heterocycles. The van der Waals surface area contributed by atoms with E-state index >= 15 is 0 Å². The fourth-order valence-corrected chi connectivity index (χ4v) is 3.02. The van der Waals surface area contributed by atoms with Gasteiger partial charge in [0.05, 0.1) is 0 Å². The van der Waals surface area contributed by atoms with Gasteiger partial charge in [-0.15, -0.1) is 12.3 Å². The first-order valence-corrected chi connectivity index (χ1v) is 7.39. The number of hydrogen-bond donors (Lipinski definition) is 1. The first kappa shape index (κ1) is 14.6. The van der Waals surface area contributed by atoms with Crippen molar-refractivity contribution in [3.05, 3.63) is 0 Å². The Kier molecular flexibility index (Phi) is 7.37. The molecule has 0 amide bonds. The van der Waals surface area contributed by atoms with Crippen LogP contribution in [0.2, 0.25) is 0 Å². The van der Waals surface area contributed by atoms with Crippen molar-refractivity contribution < 1.29 is 0 Å². The lowest BCUT2D eigenvalue weighted by Crippen LogP contribution is -2.35. The van der Waals surface area contributed by atoms with E-state index in [1.54, 1.807) is 0 Å². The minimum Gasteiger partial charge on any atom is -0.314 e. The van der Waals surface area contributed by atoms with Crippen molar-refractivity contribution in [1.82, 2.24) is 5.32 Å². The molecule has 0 heterocycles. The van der Waals surface area contributed by atoms with E-state index in [2.05, 4.69) is 25.1 Å². The van der Waals surface area contributed by atoms with Crippen molar-refractivity contribution in [3.8, 4) is 12.3 Å². The van der Waals surface area contributed by atoms with Crippen LogP contribution in [0.25, 0.3) is 0 Å². The summed E-state index contributed by atoms with van der Waals surface area (Å²) in [5, 5.41) is 3.72. The van der Waals surface area contributed by atoms with Crippen LogP contribution < -0.4 is 5.32 Å². The molecular formula is C16H29N. The molecule has 98 valence electrons. The van der Waals surface area contributed by atoms with Gasteiger partial charge in [0.2, 0.25) is 0 Å². The molecule has 2 atom stereocenters. The molecule has 0 spiro atoms. The standard InChI is InChI=1S/C16H29N/c1-4-5-6-7-11-17-16-10-8-9-15(13-16)12-14(2)3/h1,14-17H,5-13H2,2-3H3.